The van der Waals surface area contributed by atoms with Crippen LogP contribution in [-0.4, -0.2) is 24.1 Å². The van der Waals surface area contributed by atoms with Crippen molar-refractivity contribution in [2.75, 3.05) is 0 Å². The highest BCUT2D eigenvalue weighted by Gasteiger charge is 2.52. The van der Waals surface area contributed by atoms with E-state index in [1.165, 1.54) is 0 Å². The molecule has 5 aromatic heterocycles. The minimum Gasteiger partial charge on any atom is -0.308 e. The quantitative estimate of drug-likeness (QED) is 0.163. The van der Waals surface area contributed by atoms with Crippen LogP contribution in [0.3, 0.4) is 0 Å². The lowest BCUT2D eigenvalue weighted by Gasteiger charge is -2.39. The molecule has 0 atom stereocenters. The van der Waals surface area contributed by atoms with Crippen molar-refractivity contribution in [3.05, 3.63) is 191 Å². The first-order valence-corrected chi connectivity index (χ1v) is 19.5. The molecule has 0 bridgehead atoms. The van der Waals surface area contributed by atoms with E-state index in [-0.39, 0.29) is 0 Å². The topological polar surface area (TPSA) is 100 Å². The molecule has 2 aliphatic rings. The second kappa shape index (κ2) is 11.7. The molecule has 1 spiro atoms. The Morgan fingerprint density at radius 1 is 0.534 bits per heavy atom. The van der Waals surface area contributed by atoms with Gasteiger partial charge in [-0.25, -0.2) is 9.83 Å². The first kappa shape index (κ1) is 32.2. The normalized spacial score (nSPS) is 13.2. The van der Waals surface area contributed by atoms with Gasteiger partial charge in [-0.2, -0.15) is 10.5 Å². The van der Waals surface area contributed by atoms with Gasteiger partial charge in [-0.15, -0.1) is 0 Å². The van der Waals surface area contributed by atoms with Gasteiger partial charge in [0.15, 0.2) is 5.69 Å². The maximum atomic E-state index is 9.84. The Morgan fingerprint density at radius 2 is 1.12 bits per heavy atom. The molecule has 1 aliphatic heterocycles. The molecule has 0 amide bonds. The monoisotopic (exact) mass is 756 g/mol. The smallest absolute Gasteiger partial charge is 0.188 e. The molecule has 0 radical (unpaired) electrons. The summed E-state index contributed by atoms with van der Waals surface area (Å²) in [5, 5.41) is 23.4. The van der Waals surface area contributed by atoms with E-state index in [2.05, 4.69) is 104 Å². The van der Waals surface area contributed by atoms with Crippen molar-refractivity contribution in [1.29, 1.82) is 10.5 Å². The standard InChI is InChI=1S/C49H24N8S/c1-52-29-15-17-43-35(19-29)33-8-2-5-11-41(33)56(43)31-21-39-47(54-25-31)48-40(49(39)37-9-3-6-12-45(37)58-46-13-7-4-10-38(46)49)22-32(26-55-48)57-42-16-14-28(23-50)18-34(42)36-20-30(24-51)53-27-44(36)57/h2-22,25-27H. The van der Waals surface area contributed by atoms with E-state index in [0.717, 1.165) is 98.4 Å². The molecule has 6 heterocycles. The lowest BCUT2D eigenvalue weighted by Crippen LogP contribution is -2.32. The number of pyridine rings is 3. The maximum absolute atomic E-state index is 9.84. The summed E-state index contributed by atoms with van der Waals surface area (Å²) >= 11 is 1.78. The van der Waals surface area contributed by atoms with E-state index in [0.29, 0.717) is 16.9 Å². The molecule has 266 valence electrons. The van der Waals surface area contributed by atoms with Crippen LogP contribution in [0.25, 0.3) is 71.2 Å². The Hall–Kier alpha value is -8.03. The molecule has 1 aliphatic carbocycles. The van der Waals surface area contributed by atoms with Gasteiger partial charge in [0.25, 0.3) is 0 Å². The molecule has 58 heavy (non-hydrogen) atoms. The number of hydrogen-bond donors (Lipinski definition) is 0. The molecule has 0 saturated heterocycles. The number of rotatable bonds is 2. The van der Waals surface area contributed by atoms with Gasteiger partial charge in [0.1, 0.15) is 11.8 Å². The van der Waals surface area contributed by atoms with E-state index in [4.69, 9.17) is 16.5 Å². The highest BCUT2D eigenvalue weighted by molar-refractivity contribution is 7.99. The highest BCUT2D eigenvalue weighted by atomic mass is 32.2. The van der Waals surface area contributed by atoms with Crippen LogP contribution in [0, 0.1) is 29.2 Å². The second-order valence-corrected chi connectivity index (χ2v) is 15.7. The van der Waals surface area contributed by atoms with Crippen LogP contribution in [0.2, 0.25) is 0 Å². The average molecular weight is 757 g/mol. The summed E-state index contributed by atoms with van der Waals surface area (Å²) < 4.78 is 4.39. The molecule has 10 aromatic rings. The third-order valence-electron chi connectivity index (χ3n) is 11.8. The van der Waals surface area contributed by atoms with Crippen LogP contribution >= 0.6 is 11.8 Å². The molecular formula is C49H24N8S. The van der Waals surface area contributed by atoms with Gasteiger partial charge in [0.2, 0.25) is 0 Å². The summed E-state index contributed by atoms with van der Waals surface area (Å²) in [6, 6.07) is 48.0. The first-order valence-electron chi connectivity index (χ1n) is 18.6. The number of benzene rings is 5. The van der Waals surface area contributed by atoms with Crippen molar-refractivity contribution in [3.63, 3.8) is 0 Å². The summed E-state index contributed by atoms with van der Waals surface area (Å²) in [7, 11) is 0. The summed E-state index contributed by atoms with van der Waals surface area (Å²) in [5.74, 6) is 0. The summed E-state index contributed by atoms with van der Waals surface area (Å²) in [6.45, 7) is 7.72. The Labute approximate surface area is 335 Å². The minimum absolute atomic E-state index is 0.306. The Balaban J connectivity index is 1.18. The zero-order chi connectivity index (χ0) is 38.7. The highest BCUT2D eigenvalue weighted by Crippen LogP contribution is 2.62. The van der Waals surface area contributed by atoms with E-state index in [1.807, 2.05) is 60.9 Å². The third-order valence-corrected chi connectivity index (χ3v) is 12.9. The van der Waals surface area contributed by atoms with Crippen molar-refractivity contribution < 1.29 is 0 Å². The van der Waals surface area contributed by atoms with E-state index >= 15 is 0 Å². The van der Waals surface area contributed by atoms with Crippen molar-refractivity contribution in [3.8, 4) is 34.9 Å². The maximum Gasteiger partial charge on any atom is 0.188 e. The van der Waals surface area contributed by atoms with Crippen LogP contribution in [0.15, 0.2) is 156 Å². The van der Waals surface area contributed by atoms with Crippen molar-refractivity contribution in [1.82, 2.24) is 24.1 Å². The lowest BCUT2D eigenvalue weighted by atomic mass is 9.67. The van der Waals surface area contributed by atoms with Gasteiger partial charge >= 0.3 is 0 Å². The summed E-state index contributed by atoms with van der Waals surface area (Å²) in [6.07, 6.45) is 5.57. The van der Waals surface area contributed by atoms with E-state index in [9.17, 15) is 10.5 Å². The zero-order valence-corrected chi connectivity index (χ0v) is 31.2. The fraction of sp³-hybridized carbons (Fsp3) is 0.0204. The predicted molar refractivity (Wildman–Crippen MR) is 226 cm³/mol. The molecule has 12 rings (SSSR count). The van der Waals surface area contributed by atoms with Crippen LogP contribution in [0.1, 0.15) is 33.5 Å². The first-order chi connectivity index (χ1) is 28.6. The number of nitrogens with zero attached hydrogens (tertiary/aromatic N) is 8. The minimum atomic E-state index is -0.788. The fourth-order valence-electron chi connectivity index (χ4n) is 9.46. The SMILES string of the molecule is [C-]#[N+]c1ccc2c(c1)c1ccccc1n2-c1cnc2c(c1)C1(c3ccccc3Sc3ccccc31)c1cc(-n3c4ccc(C#N)cc4c4cc(C#N)ncc43)cnc1-2. The Morgan fingerprint density at radius 3 is 1.79 bits per heavy atom. The third kappa shape index (κ3) is 4.14. The largest absolute Gasteiger partial charge is 0.308 e. The Bertz CT molecular complexity index is 3490. The van der Waals surface area contributed by atoms with Crippen molar-refractivity contribution in [2.24, 2.45) is 0 Å². The number of aromatic nitrogens is 5. The van der Waals surface area contributed by atoms with Gasteiger partial charge in [0.05, 0.1) is 87.0 Å². The average Bonchev–Trinajstić information content (AvgIpc) is 3.89. The van der Waals surface area contributed by atoms with Crippen LogP contribution in [-0.2, 0) is 5.41 Å². The second-order valence-electron chi connectivity index (χ2n) is 14.6. The van der Waals surface area contributed by atoms with Gasteiger partial charge in [0, 0.05) is 37.1 Å². The fourth-order valence-corrected chi connectivity index (χ4v) is 10.6. The van der Waals surface area contributed by atoms with Gasteiger partial charge in [-0.05, 0) is 83.2 Å². The number of para-hydroxylation sites is 1. The molecule has 5 aromatic carbocycles. The number of hydrogen-bond acceptors (Lipinski definition) is 6. The predicted octanol–water partition coefficient (Wildman–Crippen LogP) is 11.2. The molecule has 0 N–H and O–H groups in total. The van der Waals surface area contributed by atoms with Gasteiger partial charge in [-0.3, -0.25) is 9.97 Å². The summed E-state index contributed by atoms with van der Waals surface area (Å²) in [5.41, 5.74) is 12.1. The number of fused-ring (bicyclic) bond motifs is 15. The zero-order valence-electron chi connectivity index (χ0n) is 30.3. The molecule has 8 nitrogen and oxygen atoms in total. The van der Waals surface area contributed by atoms with Crippen LogP contribution in [0.4, 0.5) is 5.69 Å². The number of nitriles is 2. The van der Waals surface area contributed by atoms with Crippen LogP contribution in [0.5, 0.6) is 0 Å². The Kier molecular flexibility index (Phi) is 6.53. The lowest BCUT2D eigenvalue weighted by molar-refractivity contribution is 0.718. The van der Waals surface area contributed by atoms with Crippen molar-refractivity contribution in [2.45, 2.75) is 15.2 Å². The van der Waals surface area contributed by atoms with Gasteiger partial charge < -0.3 is 9.13 Å². The molecule has 0 saturated carbocycles. The summed E-state index contributed by atoms with van der Waals surface area (Å²) in [4.78, 5) is 21.2. The molecular weight excluding hydrogens is 733 g/mol. The van der Waals surface area contributed by atoms with Gasteiger partial charge in [-0.1, -0.05) is 72.4 Å². The van der Waals surface area contributed by atoms with Crippen molar-refractivity contribution >= 4 is 61.1 Å². The van der Waals surface area contributed by atoms with E-state index in [1.54, 1.807) is 24.0 Å². The van der Waals surface area contributed by atoms with E-state index < -0.39 is 5.41 Å². The van der Waals surface area contributed by atoms with Crippen LogP contribution < -0.4 is 0 Å². The molecule has 0 fully saturated rings. The molecule has 9 heteroatoms. The molecule has 0 unspecified atom stereocenters.